The molecule has 1 heterocycles. The summed E-state index contributed by atoms with van der Waals surface area (Å²) in [7, 11) is 1.61. The van der Waals surface area contributed by atoms with E-state index in [4.69, 9.17) is 4.74 Å². The maximum atomic E-state index is 12.0. The molecule has 0 saturated carbocycles. The number of nitrogens with one attached hydrogen (secondary N) is 2. The lowest BCUT2D eigenvalue weighted by atomic mass is 10.2. The average molecular weight is 265 g/mol. The number of hydrogen-bond donors (Lipinski definition) is 2. The van der Waals surface area contributed by atoms with Gasteiger partial charge in [0, 0.05) is 31.5 Å². The highest BCUT2D eigenvalue weighted by atomic mass is 16.5. The first-order valence-electron chi connectivity index (χ1n) is 6.73. The van der Waals surface area contributed by atoms with Crippen molar-refractivity contribution in [2.24, 2.45) is 0 Å². The number of aryl methyl sites for hydroxylation is 1. The number of nitrogens with zero attached hydrogens (tertiary/aromatic N) is 1. The fourth-order valence-electron chi connectivity index (χ4n) is 1.61. The zero-order valence-electron chi connectivity index (χ0n) is 12.0. The molecule has 0 fully saturated rings. The third-order valence-electron chi connectivity index (χ3n) is 2.65. The molecule has 0 saturated heterocycles. The van der Waals surface area contributed by atoms with Gasteiger partial charge in [0.05, 0.1) is 6.61 Å². The van der Waals surface area contributed by atoms with E-state index in [1.165, 1.54) is 0 Å². The van der Waals surface area contributed by atoms with Gasteiger partial charge in [0.15, 0.2) is 0 Å². The van der Waals surface area contributed by atoms with Crippen LogP contribution in [0.3, 0.4) is 0 Å². The summed E-state index contributed by atoms with van der Waals surface area (Å²) in [6, 6.07) is 3.62. The van der Waals surface area contributed by atoms with E-state index in [2.05, 4.69) is 22.5 Å². The zero-order valence-corrected chi connectivity index (χ0v) is 12.0. The molecule has 0 spiro atoms. The van der Waals surface area contributed by atoms with Crippen molar-refractivity contribution in [1.82, 2.24) is 10.3 Å². The topological polar surface area (TPSA) is 63.2 Å². The van der Waals surface area contributed by atoms with Crippen LogP contribution in [-0.4, -0.2) is 37.7 Å². The molecule has 0 aliphatic heterocycles. The van der Waals surface area contributed by atoms with E-state index in [1.807, 2.05) is 13.0 Å². The predicted octanol–water partition coefficient (Wildman–Crippen LogP) is 1.84. The van der Waals surface area contributed by atoms with Gasteiger partial charge >= 0.3 is 0 Å². The van der Waals surface area contributed by atoms with Crippen LogP contribution in [0.5, 0.6) is 0 Å². The number of aromatic nitrogens is 1. The number of carbonyl (C=O) groups is 1. The second-order valence-electron chi connectivity index (χ2n) is 4.26. The Morgan fingerprint density at radius 1 is 1.32 bits per heavy atom. The van der Waals surface area contributed by atoms with Crippen LogP contribution in [0.2, 0.25) is 0 Å². The molecule has 0 atom stereocenters. The monoisotopic (exact) mass is 265 g/mol. The van der Waals surface area contributed by atoms with Crippen molar-refractivity contribution < 1.29 is 9.53 Å². The van der Waals surface area contributed by atoms with Crippen molar-refractivity contribution >= 4 is 11.7 Å². The van der Waals surface area contributed by atoms with E-state index in [0.29, 0.717) is 18.7 Å². The number of amides is 1. The molecule has 0 radical (unpaired) electrons. The Balaban J connectivity index is 2.77. The molecule has 0 aliphatic carbocycles. The molecule has 19 heavy (non-hydrogen) atoms. The summed E-state index contributed by atoms with van der Waals surface area (Å²) in [5.74, 6) is 0.673. The van der Waals surface area contributed by atoms with Crippen LogP contribution in [0.4, 0.5) is 5.82 Å². The molecule has 0 unspecified atom stereocenters. The molecule has 5 nitrogen and oxygen atoms in total. The van der Waals surface area contributed by atoms with E-state index >= 15 is 0 Å². The summed E-state index contributed by atoms with van der Waals surface area (Å²) in [6.45, 7) is 5.99. The van der Waals surface area contributed by atoms with Crippen LogP contribution in [-0.2, 0) is 11.2 Å². The molecule has 5 heteroatoms. The Labute approximate surface area is 114 Å². The number of carbonyl (C=O) groups excluding carboxylic acids is 1. The molecule has 0 bridgehead atoms. The van der Waals surface area contributed by atoms with Gasteiger partial charge < -0.3 is 15.4 Å². The van der Waals surface area contributed by atoms with Crippen molar-refractivity contribution in [3.05, 3.63) is 23.4 Å². The lowest BCUT2D eigenvalue weighted by Crippen LogP contribution is -2.27. The number of methoxy groups -OCH3 is 1. The molecule has 0 aromatic carbocycles. The number of anilines is 1. The minimum absolute atomic E-state index is 0.0892. The minimum atomic E-state index is -0.0892. The van der Waals surface area contributed by atoms with Crippen molar-refractivity contribution in [3.8, 4) is 0 Å². The maximum Gasteiger partial charge on any atom is 0.251 e. The van der Waals surface area contributed by atoms with Crippen molar-refractivity contribution in [2.45, 2.75) is 26.7 Å². The highest BCUT2D eigenvalue weighted by Gasteiger charge is 2.08. The maximum absolute atomic E-state index is 12.0. The Bertz CT molecular complexity index is 408. The standard InChI is InChI=1S/C14H23N3O2/c1-4-6-15-13-10-11(9-12(5-2)17-13)14(18)16-7-8-19-3/h9-10H,4-8H2,1-3H3,(H,15,17)(H,16,18). The SMILES string of the molecule is CCCNc1cc(C(=O)NCCOC)cc(CC)n1. The van der Waals surface area contributed by atoms with Crippen molar-refractivity contribution in [2.75, 3.05) is 32.1 Å². The van der Waals surface area contributed by atoms with Crippen LogP contribution in [0, 0.1) is 0 Å². The van der Waals surface area contributed by atoms with E-state index < -0.39 is 0 Å². The Hall–Kier alpha value is -1.62. The van der Waals surface area contributed by atoms with Crippen molar-refractivity contribution in [1.29, 1.82) is 0 Å². The van der Waals surface area contributed by atoms with Gasteiger partial charge in [-0.3, -0.25) is 4.79 Å². The predicted molar refractivity (Wildman–Crippen MR) is 76.6 cm³/mol. The van der Waals surface area contributed by atoms with E-state index in [-0.39, 0.29) is 5.91 Å². The van der Waals surface area contributed by atoms with Gasteiger partial charge in [0.25, 0.3) is 5.91 Å². The van der Waals surface area contributed by atoms with Gasteiger partial charge in [0.1, 0.15) is 5.82 Å². The van der Waals surface area contributed by atoms with Gasteiger partial charge in [-0.25, -0.2) is 4.98 Å². The van der Waals surface area contributed by atoms with Crippen LogP contribution in [0.15, 0.2) is 12.1 Å². The summed E-state index contributed by atoms with van der Waals surface area (Å²) >= 11 is 0. The first-order valence-corrected chi connectivity index (χ1v) is 6.73. The smallest absolute Gasteiger partial charge is 0.251 e. The number of pyridine rings is 1. The Kier molecular flexibility index (Phi) is 6.89. The lowest BCUT2D eigenvalue weighted by molar-refractivity contribution is 0.0937. The summed E-state index contributed by atoms with van der Waals surface area (Å²) in [4.78, 5) is 16.4. The first-order chi connectivity index (χ1) is 9.21. The molecular formula is C14H23N3O2. The molecule has 1 amide bonds. The third-order valence-corrected chi connectivity index (χ3v) is 2.65. The first kappa shape index (κ1) is 15.4. The van der Waals surface area contributed by atoms with Crippen LogP contribution >= 0.6 is 0 Å². The van der Waals surface area contributed by atoms with E-state index in [9.17, 15) is 4.79 Å². The quantitative estimate of drug-likeness (QED) is 0.704. The molecular weight excluding hydrogens is 242 g/mol. The van der Waals surface area contributed by atoms with Gasteiger partial charge in [-0.15, -0.1) is 0 Å². The second-order valence-corrected chi connectivity index (χ2v) is 4.26. The zero-order chi connectivity index (χ0) is 14.1. The normalized spacial score (nSPS) is 10.3. The van der Waals surface area contributed by atoms with Gasteiger partial charge in [0.2, 0.25) is 0 Å². The third kappa shape index (κ3) is 5.26. The highest BCUT2D eigenvalue weighted by Crippen LogP contribution is 2.11. The Morgan fingerprint density at radius 2 is 2.11 bits per heavy atom. The summed E-state index contributed by atoms with van der Waals surface area (Å²) < 4.78 is 4.91. The number of ether oxygens (including phenoxy) is 1. The second kappa shape index (κ2) is 8.48. The summed E-state index contributed by atoms with van der Waals surface area (Å²) in [5.41, 5.74) is 1.56. The fraction of sp³-hybridized carbons (Fsp3) is 0.571. The van der Waals surface area contributed by atoms with Gasteiger partial charge in [-0.1, -0.05) is 13.8 Å². The fourth-order valence-corrected chi connectivity index (χ4v) is 1.61. The molecule has 106 valence electrons. The van der Waals surface area contributed by atoms with Gasteiger partial charge in [-0.05, 0) is 25.0 Å². The average Bonchev–Trinajstić information content (AvgIpc) is 2.44. The highest BCUT2D eigenvalue weighted by molar-refractivity contribution is 5.95. The molecule has 1 aromatic heterocycles. The molecule has 0 aliphatic rings. The van der Waals surface area contributed by atoms with Crippen LogP contribution < -0.4 is 10.6 Å². The van der Waals surface area contributed by atoms with Crippen LogP contribution in [0.25, 0.3) is 0 Å². The lowest BCUT2D eigenvalue weighted by Gasteiger charge is -2.10. The Morgan fingerprint density at radius 3 is 2.74 bits per heavy atom. The summed E-state index contributed by atoms with van der Waals surface area (Å²) in [5, 5.41) is 6.03. The number of hydrogen-bond acceptors (Lipinski definition) is 4. The van der Waals surface area contributed by atoms with E-state index in [0.717, 1.165) is 30.9 Å². The van der Waals surface area contributed by atoms with Crippen LogP contribution in [0.1, 0.15) is 36.3 Å². The van der Waals surface area contributed by atoms with Crippen molar-refractivity contribution in [3.63, 3.8) is 0 Å². The molecule has 2 N–H and O–H groups in total. The largest absolute Gasteiger partial charge is 0.383 e. The van der Waals surface area contributed by atoms with Gasteiger partial charge in [-0.2, -0.15) is 0 Å². The summed E-state index contributed by atoms with van der Waals surface area (Å²) in [6.07, 6.45) is 1.83. The number of rotatable bonds is 8. The molecule has 1 rings (SSSR count). The minimum Gasteiger partial charge on any atom is -0.383 e. The van der Waals surface area contributed by atoms with E-state index in [1.54, 1.807) is 13.2 Å². The molecule has 1 aromatic rings.